The summed E-state index contributed by atoms with van der Waals surface area (Å²) < 4.78 is 0. The van der Waals surface area contributed by atoms with Gasteiger partial charge in [0.15, 0.2) is 0 Å². The molecule has 88 valence electrons. The van der Waals surface area contributed by atoms with Gasteiger partial charge in [0.2, 0.25) is 0 Å². The van der Waals surface area contributed by atoms with Gasteiger partial charge in [-0.1, -0.05) is 76.6 Å². The zero-order valence-corrected chi connectivity index (χ0v) is 12.1. The number of hydrogen-bond acceptors (Lipinski definition) is 1. The van der Waals surface area contributed by atoms with Crippen molar-refractivity contribution in [1.29, 1.82) is 0 Å². The molecule has 0 N–H and O–H groups in total. The van der Waals surface area contributed by atoms with Crippen molar-refractivity contribution in [3.63, 3.8) is 0 Å². The summed E-state index contributed by atoms with van der Waals surface area (Å²) >= 11 is 5.71. The number of halogens is 1. The third-order valence-electron chi connectivity index (χ3n) is 2.77. The average molecular weight is 307 g/mol. The second kappa shape index (κ2) is 6.27. The Labute approximate surface area is 116 Å². The Morgan fingerprint density at radius 2 is 1.29 bits per heavy atom. The number of benzene rings is 2. The molecule has 0 radical (unpaired) electrons. The fraction of sp³-hybridized carbons (Fsp3) is 0.200. The molecule has 0 saturated heterocycles. The lowest BCUT2D eigenvalue weighted by Crippen LogP contribution is -2.01. The van der Waals surface area contributed by atoms with Gasteiger partial charge >= 0.3 is 0 Å². The maximum Gasteiger partial charge on any atom is 0.0554 e. The molecule has 0 aliphatic heterocycles. The standard InChI is InChI=1S/C15H15BrS/c1-17-15(13-10-6-3-7-11-13)14(16)12-8-4-2-5-9-12/h2-11,14-15H,1H3/t14-,15-/m0/s1. The molecule has 0 heterocycles. The summed E-state index contributed by atoms with van der Waals surface area (Å²) in [7, 11) is 0. The van der Waals surface area contributed by atoms with Crippen LogP contribution in [-0.4, -0.2) is 6.26 Å². The summed E-state index contributed by atoms with van der Waals surface area (Å²) in [6.45, 7) is 0. The molecule has 0 bridgehead atoms. The number of alkyl halides is 1. The highest BCUT2D eigenvalue weighted by Gasteiger charge is 2.20. The van der Waals surface area contributed by atoms with Gasteiger partial charge in [0, 0.05) is 5.25 Å². The summed E-state index contributed by atoms with van der Waals surface area (Å²) in [6, 6.07) is 21.2. The van der Waals surface area contributed by atoms with Crippen LogP contribution in [0.2, 0.25) is 0 Å². The van der Waals surface area contributed by atoms with Crippen LogP contribution in [0.5, 0.6) is 0 Å². The van der Waals surface area contributed by atoms with E-state index in [0.717, 1.165) is 0 Å². The first-order chi connectivity index (χ1) is 8.33. The number of rotatable bonds is 4. The van der Waals surface area contributed by atoms with E-state index in [-0.39, 0.29) is 0 Å². The number of thioether (sulfide) groups is 1. The minimum atomic E-state index is 0.348. The lowest BCUT2D eigenvalue weighted by molar-refractivity contribution is 0.924. The van der Waals surface area contributed by atoms with Crippen LogP contribution < -0.4 is 0 Å². The van der Waals surface area contributed by atoms with Gasteiger partial charge in [0.25, 0.3) is 0 Å². The Bertz CT molecular complexity index is 441. The van der Waals surface area contributed by atoms with E-state index in [0.29, 0.717) is 10.1 Å². The van der Waals surface area contributed by atoms with Gasteiger partial charge in [-0.3, -0.25) is 0 Å². The van der Waals surface area contributed by atoms with E-state index in [9.17, 15) is 0 Å². The molecule has 17 heavy (non-hydrogen) atoms. The van der Waals surface area contributed by atoms with Crippen LogP contribution >= 0.6 is 27.7 Å². The molecule has 2 heteroatoms. The molecule has 2 atom stereocenters. The third-order valence-corrected chi connectivity index (χ3v) is 5.23. The molecule has 0 aliphatic rings. The van der Waals surface area contributed by atoms with Gasteiger partial charge in [0.05, 0.1) is 4.83 Å². The van der Waals surface area contributed by atoms with Crippen LogP contribution in [0, 0.1) is 0 Å². The minimum Gasteiger partial charge on any atom is -0.156 e. The topological polar surface area (TPSA) is 0 Å². The fourth-order valence-electron chi connectivity index (χ4n) is 1.88. The fourth-order valence-corrected chi connectivity index (χ4v) is 3.96. The van der Waals surface area contributed by atoms with Crippen molar-refractivity contribution >= 4 is 27.7 Å². The minimum absolute atomic E-state index is 0.348. The summed E-state index contributed by atoms with van der Waals surface area (Å²) in [5.74, 6) is 0. The molecule has 0 saturated carbocycles. The monoisotopic (exact) mass is 306 g/mol. The Morgan fingerprint density at radius 3 is 1.76 bits per heavy atom. The lowest BCUT2D eigenvalue weighted by atomic mass is 10.0. The van der Waals surface area contributed by atoms with Crippen molar-refractivity contribution in [1.82, 2.24) is 0 Å². The van der Waals surface area contributed by atoms with Crippen molar-refractivity contribution in [3.05, 3.63) is 71.8 Å². The van der Waals surface area contributed by atoms with E-state index >= 15 is 0 Å². The van der Waals surface area contributed by atoms with Crippen molar-refractivity contribution in [3.8, 4) is 0 Å². The van der Waals surface area contributed by atoms with Crippen LogP contribution in [0.1, 0.15) is 21.2 Å². The molecule has 0 nitrogen and oxygen atoms in total. The highest BCUT2D eigenvalue weighted by atomic mass is 79.9. The summed E-state index contributed by atoms with van der Waals surface area (Å²) in [6.07, 6.45) is 2.16. The second-order valence-corrected chi connectivity index (χ2v) is 5.85. The van der Waals surface area contributed by atoms with Crippen molar-refractivity contribution in [2.45, 2.75) is 10.1 Å². The second-order valence-electron chi connectivity index (χ2n) is 3.88. The molecule has 0 aliphatic carbocycles. The molecule has 2 aromatic carbocycles. The van der Waals surface area contributed by atoms with E-state index in [4.69, 9.17) is 0 Å². The Hall–Kier alpha value is -0.730. The van der Waals surface area contributed by atoms with Crippen LogP contribution in [0.25, 0.3) is 0 Å². The average Bonchev–Trinajstić information content (AvgIpc) is 2.42. The van der Waals surface area contributed by atoms with Crippen molar-refractivity contribution in [2.24, 2.45) is 0 Å². The Kier molecular flexibility index (Phi) is 4.69. The summed E-state index contributed by atoms with van der Waals surface area (Å²) in [4.78, 5) is 0.348. The van der Waals surface area contributed by atoms with Gasteiger partial charge in [-0.05, 0) is 17.4 Å². The zero-order valence-electron chi connectivity index (χ0n) is 9.71. The maximum absolute atomic E-state index is 3.83. The summed E-state index contributed by atoms with van der Waals surface area (Å²) in [5, 5.41) is 0.443. The molecular weight excluding hydrogens is 292 g/mol. The molecule has 0 aromatic heterocycles. The first kappa shape index (κ1) is 12.7. The molecule has 0 amide bonds. The molecule has 0 fully saturated rings. The molecule has 0 spiro atoms. The van der Waals surface area contributed by atoms with Gasteiger partial charge in [-0.15, -0.1) is 0 Å². The van der Waals surface area contributed by atoms with Crippen LogP contribution in [0.4, 0.5) is 0 Å². The normalized spacial score (nSPS) is 14.2. The maximum atomic E-state index is 3.83. The molecule has 2 aromatic rings. The largest absolute Gasteiger partial charge is 0.156 e. The van der Waals surface area contributed by atoms with Crippen LogP contribution in [0.3, 0.4) is 0 Å². The van der Waals surface area contributed by atoms with Gasteiger partial charge in [0.1, 0.15) is 0 Å². The molecule has 0 unspecified atom stereocenters. The Morgan fingerprint density at radius 1 is 0.824 bits per heavy atom. The van der Waals surface area contributed by atoms with Gasteiger partial charge in [-0.25, -0.2) is 0 Å². The predicted molar refractivity (Wildman–Crippen MR) is 80.8 cm³/mol. The van der Waals surface area contributed by atoms with Crippen molar-refractivity contribution in [2.75, 3.05) is 6.26 Å². The zero-order chi connectivity index (χ0) is 12.1. The quantitative estimate of drug-likeness (QED) is 0.697. The van der Waals surface area contributed by atoms with E-state index < -0.39 is 0 Å². The van der Waals surface area contributed by atoms with Gasteiger partial charge < -0.3 is 0 Å². The predicted octanol–water partition coefficient (Wildman–Crippen LogP) is 5.23. The van der Waals surface area contributed by atoms with E-state index in [1.165, 1.54) is 11.1 Å². The van der Waals surface area contributed by atoms with E-state index in [1.807, 2.05) is 11.8 Å². The van der Waals surface area contributed by atoms with Crippen LogP contribution in [-0.2, 0) is 0 Å². The van der Waals surface area contributed by atoms with E-state index in [1.54, 1.807) is 0 Å². The lowest BCUT2D eigenvalue weighted by Gasteiger charge is -2.21. The SMILES string of the molecule is CS[C@@H](c1ccccc1)[C@@H](Br)c1ccccc1. The van der Waals surface area contributed by atoms with Crippen LogP contribution in [0.15, 0.2) is 60.7 Å². The van der Waals surface area contributed by atoms with Gasteiger partial charge in [-0.2, -0.15) is 11.8 Å². The first-order valence-corrected chi connectivity index (χ1v) is 7.80. The smallest absolute Gasteiger partial charge is 0.0554 e. The summed E-state index contributed by atoms with van der Waals surface area (Å²) in [5.41, 5.74) is 2.70. The first-order valence-electron chi connectivity index (χ1n) is 5.59. The molecular formula is C15H15BrS. The van der Waals surface area contributed by atoms with E-state index in [2.05, 4.69) is 82.8 Å². The van der Waals surface area contributed by atoms with Crippen molar-refractivity contribution < 1.29 is 0 Å². The third kappa shape index (κ3) is 3.14. The Balaban J connectivity index is 2.25. The highest BCUT2D eigenvalue weighted by Crippen LogP contribution is 2.43. The highest BCUT2D eigenvalue weighted by molar-refractivity contribution is 9.09. The number of hydrogen-bond donors (Lipinski definition) is 0. The molecule has 2 rings (SSSR count).